The number of carbonyl (C=O) groups excluding carboxylic acids is 1. The van der Waals surface area contributed by atoms with Gasteiger partial charge < -0.3 is 9.64 Å². The monoisotopic (exact) mass is 383 g/mol. The normalized spacial score (nSPS) is 20.9. The number of ether oxygens (including phenoxy) is 1. The molecular formula is C22H26FN3O2. The first kappa shape index (κ1) is 19.0. The van der Waals surface area contributed by atoms with Gasteiger partial charge in [-0.3, -0.25) is 14.7 Å². The maximum atomic E-state index is 13.2. The van der Waals surface area contributed by atoms with Gasteiger partial charge in [0.25, 0.3) is 0 Å². The molecule has 1 amide bonds. The van der Waals surface area contributed by atoms with E-state index in [1.165, 1.54) is 12.1 Å². The molecule has 0 unspecified atom stereocenters. The first-order chi connectivity index (χ1) is 13.7. The smallest absolute Gasteiger partial charge is 0.236 e. The number of hydrogen-bond donors (Lipinski definition) is 0. The number of carbonyl (C=O) groups is 1. The number of hydrogen-bond acceptors (Lipinski definition) is 4. The number of pyridine rings is 1. The van der Waals surface area contributed by atoms with Crippen LogP contribution in [0.5, 0.6) is 0 Å². The summed E-state index contributed by atoms with van der Waals surface area (Å²) < 4.78 is 18.5. The fourth-order valence-corrected chi connectivity index (χ4v) is 4.00. The third kappa shape index (κ3) is 4.56. The Balaban J connectivity index is 1.42. The molecule has 0 saturated carbocycles. The number of morpholine rings is 1. The average molecular weight is 383 g/mol. The summed E-state index contributed by atoms with van der Waals surface area (Å²) in [7, 11) is 0. The van der Waals surface area contributed by atoms with Gasteiger partial charge >= 0.3 is 0 Å². The highest BCUT2D eigenvalue weighted by molar-refractivity contribution is 5.78. The molecule has 1 aromatic heterocycles. The van der Waals surface area contributed by atoms with E-state index in [4.69, 9.17) is 9.72 Å². The molecule has 0 aliphatic carbocycles. The molecule has 4 rings (SSSR count). The van der Waals surface area contributed by atoms with E-state index < -0.39 is 0 Å². The van der Waals surface area contributed by atoms with Crippen molar-refractivity contribution in [3.8, 4) is 11.3 Å². The van der Waals surface area contributed by atoms with Crippen LogP contribution in [0.3, 0.4) is 0 Å². The number of aromatic nitrogens is 1. The molecule has 148 valence electrons. The highest BCUT2D eigenvalue weighted by Gasteiger charge is 2.26. The van der Waals surface area contributed by atoms with Crippen molar-refractivity contribution in [2.45, 2.75) is 18.8 Å². The van der Waals surface area contributed by atoms with Gasteiger partial charge in [0, 0.05) is 36.8 Å². The van der Waals surface area contributed by atoms with E-state index in [1.807, 2.05) is 17.0 Å². The summed E-state index contributed by atoms with van der Waals surface area (Å²) in [6.07, 6.45) is 2.13. The van der Waals surface area contributed by atoms with Gasteiger partial charge in [-0.15, -0.1) is 0 Å². The van der Waals surface area contributed by atoms with Crippen LogP contribution in [0, 0.1) is 5.82 Å². The summed E-state index contributed by atoms with van der Waals surface area (Å²) in [6, 6.07) is 12.5. The van der Waals surface area contributed by atoms with Gasteiger partial charge in [-0.2, -0.15) is 0 Å². The number of likely N-dealkylation sites (tertiary alicyclic amines) is 1. The number of halogens is 1. The minimum absolute atomic E-state index is 0.192. The van der Waals surface area contributed by atoms with Crippen molar-refractivity contribution in [1.29, 1.82) is 0 Å². The average Bonchev–Trinajstić information content (AvgIpc) is 2.75. The van der Waals surface area contributed by atoms with Crippen molar-refractivity contribution in [3.63, 3.8) is 0 Å². The Hall–Kier alpha value is -2.31. The molecule has 0 radical (unpaired) electrons. The number of benzene rings is 1. The van der Waals surface area contributed by atoms with Gasteiger partial charge in [-0.25, -0.2) is 4.39 Å². The summed E-state index contributed by atoms with van der Waals surface area (Å²) in [5.74, 6) is 0.261. The zero-order valence-corrected chi connectivity index (χ0v) is 16.0. The molecule has 0 N–H and O–H groups in total. The van der Waals surface area contributed by atoms with Crippen LogP contribution in [-0.2, 0) is 9.53 Å². The Morgan fingerprint density at radius 1 is 1.11 bits per heavy atom. The summed E-state index contributed by atoms with van der Waals surface area (Å²) in [4.78, 5) is 21.5. The van der Waals surface area contributed by atoms with Gasteiger partial charge in [-0.05, 0) is 55.8 Å². The van der Waals surface area contributed by atoms with E-state index >= 15 is 0 Å². The van der Waals surface area contributed by atoms with Crippen molar-refractivity contribution in [3.05, 3.63) is 54.0 Å². The summed E-state index contributed by atoms with van der Waals surface area (Å²) in [5, 5.41) is 0. The Bertz CT molecular complexity index is 806. The number of amides is 1. The molecule has 0 spiro atoms. The lowest BCUT2D eigenvalue weighted by atomic mass is 9.93. The van der Waals surface area contributed by atoms with Gasteiger partial charge in [0.1, 0.15) is 5.82 Å². The largest absolute Gasteiger partial charge is 0.378 e. The van der Waals surface area contributed by atoms with Gasteiger partial charge in [0.15, 0.2) is 0 Å². The van der Waals surface area contributed by atoms with E-state index in [0.29, 0.717) is 38.8 Å². The molecule has 0 bridgehead atoms. The minimum atomic E-state index is -0.243. The Labute approximate surface area is 165 Å². The maximum Gasteiger partial charge on any atom is 0.236 e. The molecule has 2 fully saturated rings. The van der Waals surface area contributed by atoms with E-state index in [0.717, 1.165) is 42.9 Å². The van der Waals surface area contributed by atoms with E-state index in [9.17, 15) is 9.18 Å². The highest BCUT2D eigenvalue weighted by Crippen LogP contribution is 2.27. The Morgan fingerprint density at radius 3 is 2.68 bits per heavy atom. The Kier molecular flexibility index (Phi) is 5.98. The standard InChI is InChI=1S/C22H26FN3O2/c23-19-8-6-17(7-9-19)20-4-1-5-21(24-20)18-3-2-10-25(15-18)16-22(27)26-11-13-28-14-12-26/h1,4-9,18H,2-3,10-16H2/t18-/m1/s1. The third-order valence-electron chi connectivity index (χ3n) is 5.56. The maximum absolute atomic E-state index is 13.2. The third-order valence-corrected chi connectivity index (χ3v) is 5.56. The van der Waals surface area contributed by atoms with Crippen molar-refractivity contribution in [2.75, 3.05) is 45.9 Å². The summed E-state index contributed by atoms with van der Waals surface area (Å²) in [5.41, 5.74) is 2.82. The van der Waals surface area contributed by atoms with Crippen LogP contribution in [-0.4, -0.2) is 66.6 Å². The lowest BCUT2D eigenvalue weighted by molar-refractivity contribution is -0.136. The molecule has 2 aliphatic heterocycles. The molecule has 1 aromatic carbocycles. The second-order valence-corrected chi connectivity index (χ2v) is 7.52. The van der Waals surface area contributed by atoms with Crippen molar-refractivity contribution >= 4 is 5.91 Å². The van der Waals surface area contributed by atoms with E-state index in [-0.39, 0.29) is 11.7 Å². The van der Waals surface area contributed by atoms with Crippen LogP contribution in [0.15, 0.2) is 42.5 Å². The fraction of sp³-hybridized carbons (Fsp3) is 0.455. The van der Waals surface area contributed by atoms with Crippen LogP contribution in [0.4, 0.5) is 4.39 Å². The predicted molar refractivity (Wildman–Crippen MR) is 105 cm³/mol. The fourth-order valence-electron chi connectivity index (χ4n) is 4.00. The molecule has 2 saturated heterocycles. The second-order valence-electron chi connectivity index (χ2n) is 7.52. The summed E-state index contributed by atoms with van der Waals surface area (Å²) >= 11 is 0. The molecule has 2 aromatic rings. The predicted octanol–water partition coefficient (Wildman–Crippen LogP) is 2.93. The van der Waals surface area contributed by atoms with Gasteiger partial charge in [0.2, 0.25) is 5.91 Å². The van der Waals surface area contributed by atoms with Crippen LogP contribution in [0.1, 0.15) is 24.5 Å². The van der Waals surface area contributed by atoms with Gasteiger partial charge in [-0.1, -0.05) is 6.07 Å². The van der Waals surface area contributed by atoms with E-state index in [1.54, 1.807) is 12.1 Å². The topological polar surface area (TPSA) is 45.7 Å². The first-order valence-corrected chi connectivity index (χ1v) is 10.00. The number of nitrogens with zero attached hydrogens (tertiary/aromatic N) is 3. The zero-order valence-electron chi connectivity index (χ0n) is 16.0. The SMILES string of the molecule is O=C(CN1CCC[C@@H](c2cccc(-c3ccc(F)cc3)n2)C1)N1CCOCC1. The molecule has 6 heteroatoms. The first-order valence-electron chi connectivity index (χ1n) is 10.00. The minimum Gasteiger partial charge on any atom is -0.378 e. The van der Waals surface area contributed by atoms with Crippen molar-refractivity contribution < 1.29 is 13.9 Å². The van der Waals surface area contributed by atoms with Crippen LogP contribution in [0.2, 0.25) is 0 Å². The lowest BCUT2D eigenvalue weighted by Crippen LogP contribution is -2.47. The molecule has 3 heterocycles. The second kappa shape index (κ2) is 8.80. The molecule has 5 nitrogen and oxygen atoms in total. The lowest BCUT2D eigenvalue weighted by Gasteiger charge is -2.34. The zero-order chi connectivity index (χ0) is 19.3. The summed E-state index contributed by atoms with van der Waals surface area (Å²) in [6.45, 7) is 4.91. The highest BCUT2D eigenvalue weighted by atomic mass is 19.1. The number of rotatable bonds is 4. The Morgan fingerprint density at radius 2 is 1.89 bits per heavy atom. The molecule has 2 aliphatic rings. The van der Waals surface area contributed by atoms with Crippen LogP contribution in [0.25, 0.3) is 11.3 Å². The van der Waals surface area contributed by atoms with Crippen molar-refractivity contribution in [2.24, 2.45) is 0 Å². The van der Waals surface area contributed by atoms with Crippen molar-refractivity contribution in [1.82, 2.24) is 14.8 Å². The van der Waals surface area contributed by atoms with Crippen LogP contribution >= 0.6 is 0 Å². The molecule has 1 atom stereocenters. The molecular weight excluding hydrogens is 357 g/mol. The number of piperidine rings is 1. The quantitative estimate of drug-likeness (QED) is 0.814. The van der Waals surface area contributed by atoms with Gasteiger partial charge in [0.05, 0.1) is 25.5 Å². The van der Waals surface area contributed by atoms with Crippen LogP contribution < -0.4 is 0 Å². The molecule has 28 heavy (non-hydrogen) atoms. The van der Waals surface area contributed by atoms with E-state index in [2.05, 4.69) is 11.0 Å².